The Balaban J connectivity index is 1.32. The fourth-order valence-corrected chi connectivity index (χ4v) is 4.69. The molecule has 5 rings (SSSR count). The van der Waals surface area contributed by atoms with Crippen LogP contribution >= 0.6 is 0 Å². The monoisotopic (exact) mass is 429 g/mol. The van der Waals surface area contributed by atoms with Crippen molar-refractivity contribution in [2.45, 2.75) is 25.2 Å². The number of ether oxygens (including phenoxy) is 1. The summed E-state index contributed by atoms with van der Waals surface area (Å²) in [5, 5.41) is 0. The number of likely N-dealkylation sites (tertiary alicyclic amines) is 1. The Morgan fingerprint density at radius 3 is 2.59 bits per heavy atom. The molecule has 0 bridgehead atoms. The average Bonchev–Trinajstić information content (AvgIpc) is 3.24. The molecule has 0 aliphatic carbocycles. The quantitative estimate of drug-likeness (QED) is 0.401. The highest BCUT2D eigenvalue weighted by molar-refractivity contribution is 5.78. The summed E-state index contributed by atoms with van der Waals surface area (Å²) in [6, 6.07) is 21.3. The van der Waals surface area contributed by atoms with E-state index in [1.54, 1.807) is 19.2 Å². The summed E-state index contributed by atoms with van der Waals surface area (Å²) in [5.41, 5.74) is 4.42. The van der Waals surface area contributed by atoms with Gasteiger partial charge in [0.1, 0.15) is 17.4 Å². The highest BCUT2D eigenvalue weighted by Crippen LogP contribution is 2.33. The molecule has 0 N–H and O–H groups in total. The lowest BCUT2D eigenvalue weighted by Crippen LogP contribution is -2.34. The number of pyridine rings is 1. The van der Waals surface area contributed by atoms with Crippen LogP contribution in [-0.4, -0.2) is 41.0 Å². The number of benzene rings is 2. The van der Waals surface area contributed by atoms with Gasteiger partial charge < -0.3 is 14.0 Å². The molecular formula is C27H28FN3O. The van der Waals surface area contributed by atoms with Gasteiger partial charge >= 0.3 is 0 Å². The van der Waals surface area contributed by atoms with Crippen LogP contribution in [0.5, 0.6) is 5.75 Å². The summed E-state index contributed by atoms with van der Waals surface area (Å²) < 4.78 is 20.8. The summed E-state index contributed by atoms with van der Waals surface area (Å²) in [7, 11) is 1.69. The van der Waals surface area contributed by atoms with Crippen molar-refractivity contribution < 1.29 is 9.13 Å². The molecule has 4 aromatic rings. The lowest BCUT2D eigenvalue weighted by Gasteiger charge is -2.31. The minimum absolute atomic E-state index is 0.171. The van der Waals surface area contributed by atoms with E-state index in [-0.39, 0.29) is 5.82 Å². The molecule has 1 saturated heterocycles. The van der Waals surface area contributed by atoms with Crippen molar-refractivity contribution in [3.63, 3.8) is 0 Å². The van der Waals surface area contributed by atoms with E-state index in [0.29, 0.717) is 5.92 Å². The smallest absolute Gasteiger partial charge is 0.123 e. The van der Waals surface area contributed by atoms with E-state index in [2.05, 4.69) is 45.8 Å². The van der Waals surface area contributed by atoms with E-state index < -0.39 is 0 Å². The highest BCUT2D eigenvalue weighted by Gasteiger charge is 2.25. The molecular weight excluding hydrogens is 401 g/mol. The second kappa shape index (κ2) is 9.13. The minimum atomic E-state index is -0.171. The third kappa shape index (κ3) is 4.26. The predicted octanol–water partition coefficient (Wildman–Crippen LogP) is 5.57. The van der Waals surface area contributed by atoms with Crippen molar-refractivity contribution in [1.29, 1.82) is 0 Å². The second-order valence-corrected chi connectivity index (χ2v) is 8.50. The third-order valence-electron chi connectivity index (χ3n) is 6.50. The molecule has 0 unspecified atom stereocenters. The maximum Gasteiger partial charge on any atom is 0.123 e. The van der Waals surface area contributed by atoms with E-state index >= 15 is 0 Å². The summed E-state index contributed by atoms with van der Waals surface area (Å²) in [6.45, 7) is 3.12. The zero-order valence-corrected chi connectivity index (χ0v) is 18.4. The van der Waals surface area contributed by atoms with Gasteiger partial charge in [0.05, 0.1) is 18.3 Å². The number of hydrogen-bond donors (Lipinski definition) is 0. The van der Waals surface area contributed by atoms with Gasteiger partial charge in [0.2, 0.25) is 0 Å². The van der Waals surface area contributed by atoms with Crippen LogP contribution in [0.3, 0.4) is 0 Å². The molecule has 0 saturated carbocycles. The number of aromatic nitrogens is 2. The topological polar surface area (TPSA) is 29.8 Å². The number of fused-ring (bicyclic) bond motifs is 1. The number of piperidine rings is 1. The highest BCUT2D eigenvalue weighted by atomic mass is 19.1. The van der Waals surface area contributed by atoms with Crippen LogP contribution in [0.2, 0.25) is 0 Å². The molecule has 0 radical (unpaired) electrons. The first kappa shape index (κ1) is 20.7. The van der Waals surface area contributed by atoms with Crippen LogP contribution in [0, 0.1) is 5.82 Å². The first-order valence-corrected chi connectivity index (χ1v) is 11.3. The van der Waals surface area contributed by atoms with Gasteiger partial charge in [0.25, 0.3) is 0 Å². The van der Waals surface area contributed by atoms with Gasteiger partial charge in [0, 0.05) is 24.2 Å². The Morgan fingerprint density at radius 1 is 1.00 bits per heavy atom. The summed E-state index contributed by atoms with van der Waals surface area (Å²) in [4.78, 5) is 7.65. The Labute approximate surface area is 188 Å². The molecule has 1 fully saturated rings. The molecule has 2 aromatic carbocycles. The zero-order valence-electron chi connectivity index (χ0n) is 18.4. The van der Waals surface area contributed by atoms with Crippen LogP contribution in [0.15, 0.2) is 72.9 Å². The first-order chi connectivity index (χ1) is 15.7. The molecule has 0 amide bonds. The normalized spacial score (nSPS) is 15.3. The molecule has 2 aromatic heterocycles. The summed E-state index contributed by atoms with van der Waals surface area (Å²) in [6.07, 6.45) is 5.27. The van der Waals surface area contributed by atoms with Crippen molar-refractivity contribution in [3.8, 4) is 17.0 Å². The number of rotatable bonds is 6. The number of methoxy groups -OCH3 is 1. The van der Waals surface area contributed by atoms with Crippen molar-refractivity contribution in [2.75, 3.05) is 26.7 Å². The van der Waals surface area contributed by atoms with Crippen molar-refractivity contribution in [2.24, 2.45) is 0 Å². The molecule has 32 heavy (non-hydrogen) atoms. The van der Waals surface area contributed by atoms with Crippen molar-refractivity contribution in [3.05, 3.63) is 90.1 Å². The minimum Gasteiger partial charge on any atom is -0.497 e. The molecule has 1 aliphatic rings. The number of imidazole rings is 1. The van der Waals surface area contributed by atoms with Crippen molar-refractivity contribution in [1.82, 2.24) is 14.3 Å². The average molecular weight is 430 g/mol. The first-order valence-electron chi connectivity index (χ1n) is 11.3. The predicted molar refractivity (Wildman–Crippen MR) is 126 cm³/mol. The van der Waals surface area contributed by atoms with Gasteiger partial charge in [-0.25, -0.2) is 9.37 Å². The maximum absolute atomic E-state index is 13.1. The van der Waals surface area contributed by atoms with Crippen LogP contribution in [-0.2, 0) is 6.42 Å². The lowest BCUT2D eigenvalue weighted by molar-refractivity contribution is 0.211. The SMILES string of the molecule is COc1cccc(-c2nc(C3CCN(CCc4ccc(F)cc4)CC3)n3ccccc23)c1. The summed E-state index contributed by atoms with van der Waals surface area (Å²) >= 11 is 0. The van der Waals surface area contributed by atoms with Crippen LogP contribution in [0.4, 0.5) is 4.39 Å². The molecule has 5 heteroatoms. The van der Waals surface area contributed by atoms with Crippen LogP contribution in [0.25, 0.3) is 16.8 Å². The van der Waals surface area contributed by atoms with E-state index in [1.807, 2.05) is 24.3 Å². The van der Waals surface area contributed by atoms with Gasteiger partial charge in [-0.1, -0.05) is 30.3 Å². The Kier molecular flexibility index (Phi) is 5.91. The maximum atomic E-state index is 13.1. The van der Waals surface area contributed by atoms with Gasteiger partial charge in [-0.15, -0.1) is 0 Å². The van der Waals surface area contributed by atoms with Gasteiger partial charge in [-0.3, -0.25) is 0 Å². The standard InChI is InChI=1S/C27H28FN3O/c1-32-24-6-4-5-22(19-24)26-25-7-2-3-15-31(25)27(29-26)21-13-17-30(18-14-21)16-12-20-8-10-23(28)11-9-20/h2-11,15,19,21H,12-14,16-18H2,1H3. The Morgan fingerprint density at radius 2 is 1.81 bits per heavy atom. The van der Waals surface area contributed by atoms with Gasteiger partial charge in [-0.2, -0.15) is 0 Å². The number of nitrogens with zero attached hydrogens (tertiary/aromatic N) is 3. The summed E-state index contributed by atoms with van der Waals surface area (Å²) in [5.74, 6) is 2.26. The van der Waals surface area contributed by atoms with Gasteiger partial charge in [0.15, 0.2) is 0 Å². The Hall–Kier alpha value is -3.18. The fourth-order valence-electron chi connectivity index (χ4n) is 4.69. The fraction of sp³-hybridized carbons (Fsp3) is 0.296. The van der Waals surface area contributed by atoms with E-state index in [0.717, 1.165) is 67.2 Å². The zero-order chi connectivity index (χ0) is 21.9. The van der Waals surface area contributed by atoms with E-state index in [9.17, 15) is 4.39 Å². The second-order valence-electron chi connectivity index (χ2n) is 8.50. The van der Waals surface area contributed by atoms with Gasteiger partial charge in [-0.05, 0) is 74.3 Å². The molecule has 164 valence electrons. The largest absolute Gasteiger partial charge is 0.497 e. The molecule has 0 spiro atoms. The molecule has 0 atom stereocenters. The Bertz CT molecular complexity index is 1190. The lowest BCUT2D eigenvalue weighted by atomic mass is 9.95. The van der Waals surface area contributed by atoms with Crippen LogP contribution < -0.4 is 4.74 Å². The number of hydrogen-bond acceptors (Lipinski definition) is 3. The van der Waals surface area contributed by atoms with E-state index in [4.69, 9.17) is 9.72 Å². The molecule has 4 nitrogen and oxygen atoms in total. The number of halogens is 1. The third-order valence-corrected chi connectivity index (χ3v) is 6.50. The van der Waals surface area contributed by atoms with Crippen LogP contribution in [0.1, 0.15) is 30.1 Å². The van der Waals surface area contributed by atoms with E-state index in [1.165, 1.54) is 5.56 Å². The van der Waals surface area contributed by atoms with Crippen molar-refractivity contribution >= 4 is 5.52 Å². The molecule has 1 aliphatic heterocycles. The molecule has 3 heterocycles.